The van der Waals surface area contributed by atoms with E-state index in [0.29, 0.717) is 10.8 Å². The highest BCUT2D eigenvalue weighted by molar-refractivity contribution is 8.01. The highest BCUT2D eigenvalue weighted by atomic mass is 32.2. The second-order valence-electron chi connectivity index (χ2n) is 4.70. The SMILES string of the molecule is OCCCCCSc1nnc(Nc2ccc(OC(F)(F)F)cc2)s1. The van der Waals surface area contributed by atoms with Gasteiger partial charge in [-0.15, -0.1) is 23.4 Å². The van der Waals surface area contributed by atoms with Gasteiger partial charge in [0.05, 0.1) is 0 Å². The molecule has 0 saturated carbocycles. The van der Waals surface area contributed by atoms with Gasteiger partial charge in [-0.3, -0.25) is 0 Å². The lowest BCUT2D eigenvalue weighted by atomic mass is 10.3. The molecule has 0 atom stereocenters. The second-order valence-corrected chi connectivity index (χ2v) is 7.02. The molecule has 0 bridgehead atoms. The predicted octanol–water partition coefficient (Wildman–Crippen LogP) is 4.44. The smallest absolute Gasteiger partial charge is 0.406 e. The van der Waals surface area contributed by atoms with Gasteiger partial charge in [0.2, 0.25) is 5.13 Å². The molecule has 24 heavy (non-hydrogen) atoms. The molecule has 132 valence electrons. The number of anilines is 2. The molecular weight excluding hydrogens is 363 g/mol. The Balaban J connectivity index is 1.81. The normalized spacial score (nSPS) is 11.5. The fourth-order valence-corrected chi connectivity index (χ4v) is 3.57. The number of nitrogens with zero attached hydrogens (tertiary/aromatic N) is 2. The average Bonchev–Trinajstić information content (AvgIpc) is 2.95. The molecule has 1 heterocycles. The zero-order chi connectivity index (χ0) is 17.4. The minimum absolute atomic E-state index is 0.213. The van der Waals surface area contributed by atoms with Gasteiger partial charge in [0.15, 0.2) is 4.34 Å². The van der Waals surface area contributed by atoms with Crippen molar-refractivity contribution in [1.29, 1.82) is 0 Å². The molecule has 2 aromatic rings. The minimum Gasteiger partial charge on any atom is -0.406 e. The number of nitrogens with one attached hydrogen (secondary N) is 1. The molecular formula is C14H16F3N3O2S2. The largest absolute Gasteiger partial charge is 0.573 e. The molecule has 0 radical (unpaired) electrons. The lowest BCUT2D eigenvalue weighted by Crippen LogP contribution is -2.16. The average molecular weight is 379 g/mol. The molecule has 0 spiro atoms. The van der Waals surface area contributed by atoms with Gasteiger partial charge in [-0.2, -0.15) is 0 Å². The summed E-state index contributed by atoms with van der Waals surface area (Å²) in [6.45, 7) is 0.213. The monoisotopic (exact) mass is 379 g/mol. The van der Waals surface area contributed by atoms with E-state index in [0.717, 1.165) is 29.4 Å². The first-order valence-corrected chi connectivity index (χ1v) is 8.96. The third-order valence-corrected chi connectivity index (χ3v) is 4.83. The molecule has 0 fully saturated rings. The maximum absolute atomic E-state index is 12.1. The van der Waals surface area contributed by atoms with Crippen molar-refractivity contribution in [1.82, 2.24) is 10.2 Å². The number of ether oxygens (including phenoxy) is 1. The van der Waals surface area contributed by atoms with E-state index in [4.69, 9.17) is 5.11 Å². The van der Waals surface area contributed by atoms with Gasteiger partial charge in [0.25, 0.3) is 0 Å². The molecule has 2 N–H and O–H groups in total. The van der Waals surface area contributed by atoms with Crippen LogP contribution in [-0.4, -0.2) is 34.0 Å². The van der Waals surface area contributed by atoms with Crippen molar-refractivity contribution in [3.8, 4) is 5.75 Å². The maximum atomic E-state index is 12.1. The van der Waals surface area contributed by atoms with Crippen LogP contribution in [0.15, 0.2) is 28.6 Å². The standard InChI is InChI=1S/C14H16F3N3O2S2/c15-14(16,17)22-11-6-4-10(5-7-11)18-12-19-20-13(24-12)23-9-3-1-2-8-21/h4-7,21H,1-3,8-9H2,(H,18,19). The summed E-state index contributed by atoms with van der Waals surface area (Å²) in [5, 5.41) is 20.3. The summed E-state index contributed by atoms with van der Waals surface area (Å²) in [7, 11) is 0. The molecule has 0 aliphatic rings. The predicted molar refractivity (Wildman–Crippen MR) is 88.0 cm³/mol. The van der Waals surface area contributed by atoms with Gasteiger partial charge in [-0.05, 0) is 37.1 Å². The zero-order valence-electron chi connectivity index (χ0n) is 12.5. The first kappa shape index (κ1) is 18.8. The van der Waals surface area contributed by atoms with Crippen LogP contribution in [0.5, 0.6) is 5.75 Å². The van der Waals surface area contributed by atoms with E-state index < -0.39 is 6.36 Å². The molecule has 0 amide bonds. The Labute approximate surface area is 145 Å². The third kappa shape index (κ3) is 6.93. The van der Waals surface area contributed by atoms with Crippen LogP contribution >= 0.6 is 23.1 Å². The number of unbranched alkanes of at least 4 members (excludes halogenated alkanes) is 2. The molecule has 0 unspecified atom stereocenters. The van der Waals surface area contributed by atoms with Crippen molar-refractivity contribution in [3.63, 3.8) is 0 Å². The second kappa shape index (κ2) is 9.09. The van der Waals surface area contributed by atoms with Crippen LogP contribution in [0, 0.1) is 0 Å². The summed E-state index contributed by atoms with van der Waals surface area (Å²) < 4.78 is 40.9. The Morgan fingerprint density at radius 1 is 1.12 bits per heavy atom. The minimum atomic E-state index is -4.70. The fourth-order valence-electron chi connectivity index (χ4n) is 1.73. The first-order chi connectivity index (χ1) is 11.5. The summed E-state index contributed by atoms with van der Waals surface area (Å²) in [6, 6.07) is 5.41. The number of benzene rings is 1. The summed E-state index contributed by atoms with van der Waals surface area (Å²) in [5.41, 5.74) is 0.597. The molecule has 0 aliphatic heterocycles. The van der Waals surface area contributed by atoms with Crippen LogP contribution in [0.3, 0.4) is 0 Å². The van der Waals surface area contributed by atoms with Gasteiger partial charge in [0.1, 0.15) is 5.75 Å². The molecule has 5 nitrogen and oxygen atoms in total. The maximum Gasteiger partial charge on any atom is 0.573 e. The lowest BCUT2D eigenvalue weighted by molar-refractivity contribution is -0.274. The van der Waals surface area contributed by atoms with Crippen molar-refractivity contribution in [3.05, 3.63) is 24.3 Å². The number of thioether (sulfide) groups is 1. The lowest BCUT2D eigenvalue weighted by Gasteiger charge is -2.09. The van der Waals surface area contributed by atoms with Gasteiger partial charge in [-0.25, -0.2) is 0 Å². The van der Waals surface area contributed by atoms with Crippen LogP contribution < -0.4 is 10.1 Å². The van der Waals surface area contributed by atoms with E-state index in [1.807, 2.05) is 0 Å². The number of aromatic nitrogens is 2. The Morgan fingerprint density at radius 2 is 1.88 bits per heavy atom. The molecule has 1 aromatic heterocycles. The van der Waals surface area contributed by atoms with E-state index in [-0.39, 0.29) is 12.4 Å². The number of aliphatic hydroxyl groups excluding tert-OH is 1. The van der Waals surface area contributed by atoms with E-state index in [2.05, 4.69) is 20.3 Å². The Morgan fingerprint density at radius 3 is 2.54 bits per heavy atom. The van der Waals surface area contributed by atoms with Gasteiger partial charge in [0, 0.05) is 18.0 Å². The molecule has 1 aromatic carbocycles. The van der Waals surface area contributed by atoms with E-state index >= 15 is 0 Å². The highest BCUT2D eigenvalue weighted by Crippen LogP contribution is 2.29. The topological polar surface area (TPSA) is 67.3 Å². The summed E-state index contributed by atoms with van der Waals surface area (Å²) in [4.78, 5) is 0. The summed E-state index contributed by atoms with van der Waals surface area (Å²) >= 11 is 2.96. The quantitative estimate of drug-likeness (QED) is 0.496. The van der Waals surface area contributed by atoms with Gasteiger partial charge < -0.3 is 15.2 Å². The number of alkyl halides is 3. The van der Waals surface area contributed by atoms with E-state index in [9.17, 15) is 13.2 Å². The van der Waals surface area contributed by atoms with E-state index in [1.165, 1.54) is 35.6 Å². The van der Waals surface area contributed by atoms with Crippen LogP contribution in [0.4, 0.5) is 24.0 Å². The molecule has 0 saturated heterocycles. The number of hydrogen-bond donors (Lipinski definition) is 2. The van der Waals surface area contributed by atoms with Crippen LogP contribution in [-0.2, 0) is 0 Å². The zero-order valence-corrected chi connectivity index (χ0v) is 14.2. The van der Waals surface area contributed by atoms with Crippen molar-refractivity contribution in [2.75, 3.05) is 17.7 Å². The van der Waals surface area contributed by atoms with E-state index in [1.54, 1.807) is 11.8 Å². The molecule has 10 heteroatoms. The Bertz CT molecular complexity index is 620. The number of hydrogen-bond acceptors (Lipinski definition) is 7. The highest BCUT2D eigenvalue weighted by Gasteiger charge is 2.30. The molecule has 0 aliphatic carbocycles. The van der Waals surface area contributed by atoms with Crippen molar-refractivity contribution in [2.24, 2.45) is 0 Å². The summed E-state index contributed by atoms with van der Waals surface area (Å²) in [5.74, 6) is 0.627. The third-order valence-electron chi connectivity index (χ3n) is 2.77. The fraction of sp³-hybridized carbons (Fsp3) is 0.429. The number of aliphatic hydroxyl groups is 1. The van der Waals surface area contributed by atoms with Crippen molar-refractivity contribution < 1.29 is 23.0 Å². The van der Waals surface area contributed by atoms with Crippen molar-refractivity contribution in [2.45, 2.75) is 30.0 Å². The van der Waals surface area contributed by atoms with Crippen LogP contribution in [0.1, 0.15) is 19.3 Å². The summed E-state index contributed by atoms with van der Waals surface area (Å²) in [6.07, 6.45) is -1.93. The van der Waals surface area contributed by atoms with Crippen LogP contribution in [0.2, 0.25) is 0 Å². The van der Waals surface area contributed by atoms with Gasteiger partial charge >= 0.3 is 6.36 Å². The Hall–Kier alpha value is -1.52. The van der Waals surface area contributed by atoms with Gasteiger partial charge in [-0.1, -0.05) is 29.5 Å². The first-order valence-electron chi connectivity index (χ1n) is 7.16. The number of rotatable bonds is 9. The number of halogens is 3. The molecule has 2 rings (SSSR count). The van der Waals surface area contributed by atoms with Crippen LogP contribution in [0.25, 0.3) is 0 Å². The Kier molecular flexibility index (Phi) is 7.13. The van der Waals surface area contributed by atoms with Crippen molar-refractivity contribution >= 4 is 33.9 Å².